The molecule has 1 saturated heterocycles. The highest BCUT2D eigenvalue weighted by molar-refractivity contribution is 6.00. The first-order valence-electron chi connectivity index (χ1n) is 9.51. The molecule has 1 N–H and O–H groups in total. The number of rotatable bonds is 6. The first kappa shape index (κ1) is 21.3. The fourth-order valence-electron chi connectivity index (χ4n) is 3.25. The quantitative estimate of drug-likeness (QED) is 0.735. The lowest BCUT2D eigenvalue weighted by Crippen LogP contribution is -2.33. The van der Waals surface area contributed by atoms with Crippen LogP contribution in [0.3, 0.4) is 0 Å². The Kier molecular flexibility index (Phi) is 6.34. The maximum absolute atomic E-state index is 14.0. The van der Waals surface area contributed by atoms with E-state index in [1.54, 1.807) is 18.2 Å². The van der Waals surface area contributed by atoms with Gasteiger partial charge in [0.25, 0.3) is 5.91 Å². The summed E-state index contributed by atoms with van der Waals surface area (Å²) in [4.78, 5) is 38.5. The number of nitrogens with one attached hydrogen (secondary N) is 1. The van der Waals surface area contributed by atoms with E-state index in [9.17, 15) is 18.8 Å². The molecule has 0 bridgehead atoms. The summed E-state index contributed by atoms with van der Waals surface area (Å²) in [6.07, 6.45) is -1.19. The molecule has 2 aromatic carbocycles. The molecule has 2 atom stereocenters. The van der Waals surface area contributed by atoms with E-state index in [1.165, 1.54) is 37.1 Å². The van der Waals surface area contributed by atoms with Crippen LogP contribution < -0.4 is 15.0 Å². The second-order valence-corrected chi connectivity index (χ2v) is 7.13. The van der Waals surface area contributed by atoms with Crippen molar-refractivity contribution in [2.45, 2.75) is 26.4 Å². The Morgan fingerprint density at radius 1 is 1.23 bits per heavy atom. The van der Waals surface area contributed by atoms with E-state index in [0.717, 1.165) is 5.56 Å². The smallest absolute Gasteiger partial charge is 0.312 e. The maximum atomic E-state index is 14.0. The first-order chi connectivity index (χ1) is 14.3. The van der Waals surface area contributed by atoms with Crippen LogP contribution in [0.5, 0.6) is 5.75 Å². The lowest BCUT2D eigenvalue weighted by Gasteiger charge is -2.19. The summed E-state index contributed by atoms with van der Waals surface area (Å²) in [5.41, 5.74) is 1.51. The summed E-state index contributed by atoms with van der Waals surface area (Å²) >= 11 is 0. The van der Waals surface area contributed by atoms with Crippen molar-refractivity contribution in [1.29, 1.82) is 0 Å². The molecule has 0 aliphatic carbocycles. The van der Waals surface area contributed by atoms with Crippen LogP contribution >= 0.6 is 0 Å². The average Bonchev–Trinajstić information content (AvgIpc) is 3.10. The number of aryl methyl sites for hydroxylation is 1. The molecule has 2 amide bonds. The van der Waals surface area contributed by atoms with Gasteiger partial charge in [-0.2, -0.15) is 0 Å². The zero-order valence-electron chi connectivity index (χ0n) is 17.0. The molecule has 1 aliphatic rings. The monoisotopic (exact) mass is 414 g/mol. The van der Waals surface area contributed by atoms with E-state index in [1.807, 2.05) is 13.0 Å². The van der Waals surface area contributed by atoms with Crippen molar-refractivity contribution >= 4 is 29.2 Å². The van der Waals surface area contributed by atoms with Gasteiger partial charge in [0, 0.05) is 13.0 Å². The van der Waals surface area contributed by atoms with Crippen molar-refractivity contribution < 1.29 is 28.2 Å². The third-order valence-corrected chi connectivity index (χ3v) is 4.88. The van der Waals surface area contributed by atoms with Crippen LogP contribution in [-0.2, 0) is 19.1 Å². The van der Waals surface area contributed by atoms with Gasteiger partial charge in [0.15, 0.2) is 6.10 Å². The van der Waals surface area contributed by atoms with Gasteiger partial charge >= 0.3 is 5.97 Å². The Hall–Kier alpha value is -3.42. The molecule has 3 rings (SSSR count). The highest BCUT2D eigenvalue weighted by Crippen LogP contribution is 2.29. The van der Waals surface area contributed by atoms with Crippen LogP contribution in [0.4, 0.5) is 15.8 Å². The van der Waals surface area contributed by atoms with Crippen LogP contribution in [0, 0.1) is 18.7 Å². The molecule has 1 heterocycles. The van der Waals surface area contributed by atoms with Gasteiger partial charge in [0.05, 0.1) is 24.4 Å². The van der Waals surface area contributed by atoms with E-state index >= 15 is 0 Å². The summed E-state index contributed by atoms with van der Waals surface area (Å²) in [6.45, 7) is 3.32. The van der Waals surface area contributed by atoms with Gasteiger partial charge in [-0.15, -0.1) is 0 Å². The minimum absolute atomic E-state index is 0.00135. The lowest BCUT2D eigenvalue weighted by molar-refractivity contribution is -0.157. The fraction of sp³-hybridized carbons (Fsp3) is 0.318. The van der Waals surface area contributed by atoms with Crippen molar-refractivity contribution in [2.75, 3.05) is 23.9 Å². The normalized spacial score (nSPS) is 16.9. The number of ether oxygens (including phenoxy) is 2. The van der Waals surface area contributed by atoms with Gasteiger partial charge in [-0.1, -0.05) is 18.2 Å². The van der Waals surface area contributed by atoms with Gasteiger partial charge in [-0.25, -0.2) is 4.39 Å². The Morgan fingerprint density at radius 3 is 2.67 bits per heavy atom. The second kappa shape index (κ2) is 8.94. The number of hydrogen-bond donors (Lipinski definition) is 1. The second-order valence-electron chi connectivity index (χ2n) is 7.13. The number of amides is 2. The zero-order chi connectivity index (χ0) is 21.8. The third kappa shape index (κ3) is 4.59. The van der Waals surface area contributed by atoms with Crippen LogP contribution in [-0.4, -0.2) is 37.5 Å². The number of carbonyl (C=O) groups excluding carboxylic acids is 3. The third-order valence-electron chi connectivity index (χ3n) is 4.88. The number of esters is 1. The van der Waals surface area contributed by atoms with Gasteiger partial charge in [-0.05, 0) is 43.7 Å². The topological polar surface area (TPSA) is 84.9 Å². The fourth-order valence-corrected chi connectivity index (χ4v) is 3.25. The summed E-state index contributed by atoms with van der Waals surface area (Å²) < 4.78 is 24.5. The predicted molar refractivity (Wildman–Crippen MR) is 109 cm³/mol. The molecule has 0 aromatic heterocycles. The molecule has 0 spiro atoms. The van der Waals surface area contributed by atoms with E-state index in [2.05, 4.69) is 5.32 Å². The van der Waals surface area contributed by atoms with Crippen molar-refractivity contribution in [1.82, 2.24) is 0 Å². The Morgan fingerprint density at radius 2 is 1.97 bits per heavy atom. The molecule has 1 aliphatic heterocycles. The average molecular weight is 414 g/mol. The number of carbonyl (C=O) groups is 3. The van der Waals surface area contributed by atoms with Crippen LogP contribution in [0.2, 0.25) is 0 Å². The zero-order valence-corrected chi connectivity index (χ0v) is 17.0. The molecule has 158 valence electrons. The molecule has 8 heteroatoms. The van der Waals surface area contributed by atoms with Gasteiger partial charge < -0.3 is 19.7 Å². The number of anilines is 2. The summed E-state index contributed by atoms with van der Waals surface area (Å²) in [7, 11) is 1.49. The minimum Gasteiger partial charge on any atom is -0.495 e. The molecule has 0 radical (unpaired) electrons. The van der Waals surface area contributed by atoms with E-state index in [4.69, 9.17) is 9.47 Å². The molecule has 7 nitrogen and oxygen atoms in total. The van der Waals surface area contributed by atoms with E-state index in [0.29, 0.717) is 11.4 Å². The maximum Gasteiger partial charge on any atom is 0.312 e. The first-order valence-corrected chi connectivity index (χ1v) is 9.51. The number of halogens is 1. The Bertz CT molecular complexity index is 978. The van der Waals surface area contributed by atoms with Crippen LogP contribution in [0.25, 0.3) is 0 Å². The number of para-hydroxylation sites is 1. The Labute approximate surface area is 173 Å². The summed E-state index contributed by atoms with van der Waals surface area (Å²) in [6, 6.07) is 11.2. The number of nitrogens with zero attached hydrogens (tertiary/aromatic N) is 1. The Balaban J connectivity index is 1.62. The van der Waals surface area contributed by atoms with Crippen molar-refractivity contribution in [3.8, 4) is 5.75 Å². The minimum atomic E-state index is -1.08. The van der Waals surface area contributed by atoms with Crippen molar-refractivity contribution in [3.05, 3.63) is 53.8 Å². The highest BCUT2D eigenvalue weighted by Gasteiger charge is 2.38. The van der Waals surface area contributed by atoms with E-state index in [-0.39, 0.29) is 24.6 Å². The molecule has 0 saturated carbocycles. The highest BCUT2D eigenvalue weighted by atomic mass is 19.1. The molecule has 30 heavy (non-hydrogen) atoms. The number of benzene rings is 2. The SMILES string of the molecule is COc1ccc(C)cc1NC(=O)[C@@H](C)OC(=O)[C@@H]1CC(=O)N(c2ccccc2F)C1. The molecular weight excluding hydrogens is 391 g/mol. The van der Waals surface area contributed by atoms with Crippen LogP contribution in [0.15, 0.2) is 42.5 Å². The lowest BCUT2D eigenvalue weighted by atomic mass is 10.1. The van der Waals surface area contributed by atoms with Gasteiger partial charge in [-0.3, -0.25) is 14.4 Å². The standard InChI is InChI=1S/C22H23FN2O5/c1-13-8-9-19(29-3)17(10-13)24-21(27)14(2)30-22(28)15-11-20(26)25(12-15)18-7-5-4-6-16(18)23/h4-10,14-15H,11-12H2,1-3H3,(H,24,27)/t14-,15-/m1/s1. The van der Waals surface area contributed by atoms with E-state index < -0.39 is 29.7 Å². The largest absolute Gasteiger partial charge is 0.495 e. The van der Waals surface area contributed by atoms with Crippen molar-refractivity contribution in [3.63, 3.8) is 0 Å². The predicted octanol–water partition coefficient (Wildman–Crippen LogP) is 3.07. The van der Waals surface area contributed by atoms with Crippen LogP contribution in [0.1, 0.15) is 18.9 Å². The molecule has 1 fully saturated rings. The van der Waals surface area contributed by atoms with Crippen molar-refractivity contribution in [2.24, 2.45) is 5.92 Å². The summed E-state index contributed by atoms with van der Waals surface area (Å²) in [5.74, 6) is -2.41. The molecule has 0 unspecified atom stereocenters. The van der Waals surface area contributed by atoms with Gasteiger partial charge in [0.1, 0.15) is 11.6 Å². The number of hydrogen-bond acceptors (Lipinski definition) is 5. The summed E-state index contributed by atoms with van der Waals surface area (Å²) in [5, 5.41) is 2.68. The van der Waals surface area contributed by atoms with Gasteiger partial charge in [0.2, 0.25) is 5.91 Å². The molecular formula is C22H23FN2O5. The number of methoxy groups -OCH3 is 1. The molecule has 2 aromatic rings.